The third-order valence-corrected chi connectivity index (χ3v) is 3.13. The summed E-state index contributed by atoms with van der Waals surface area (Å²) in [7, 11) is 0. The smallest absolute Gasteiger partial charge is 0.0609 e. The average Bonchev–Trinajstić information content (AvgIpc) is 2.30. The number of anilines is 1. The van der Waals surface area contributed by atoms with Gasteiger partial charge < -0.3 is 10.2 Å². The molecular formula is C13H21N3. The average molecular weight is 219 g/mol. The molecule has 0 unspecified atom stereocenters. The Kier molecular flexibility index (Phi) is 3.44. The maximum atomic E-state index is 4.69. The van der Waals surface area contributed by atoms with Crippen molar-refractivity contribution in [1.82, 2.24) is 10.3 Å². The molecule has 2 heterocycles. The number of nitrogens with zero attached hydrogens (tertiary/aromatic N) is 2. The van der Waals surface area contributed by atoms with Crippen molar-refractivity contribution in [2.45, 2.75) is 26.7 Å². The van der Waals surface area contributed by atoms with Crippen LogP contribution in [0, 0.1) is 6.92 Å². The lowest BCUT2D eigenvalue weighted by molar-refractivity contribution is 0.587. The third-order valence-electron chi connectivity index (χ3n) is 3.13. The SMILES string of the molecule is Cc1nc(C(C)C)ccc1N1CCNCC1. The minimum absolute atomic E-state index is 0.510. The van der Waals surface area contributed by atoms with E-state index < -0.39 is 0 Å². The van der Waals surface area contributed by atoms with Crippen LogP contribution in [0.25, 0.3) is 0 Å². The van der Waals surface area contributed by atoms with E-state index in [1.807, 2.05) is 0 Å². The molecule has 0 amide bonds. The molecule has 3 nitrogen and oxygen atoms in total. The first-order valence-electron chi connectivity index (χ1n) is 6.11. The molecule has 2 rings (SSSR count). The zero-order valence-electron chi connectivity index (χ0n) is 10.5. The summed E-state index contributed by atoms with van der Waals surface area (Å²) in [5.41, 5.74) is 3.65. The number of nitrogens with one attached hydrogen (secondary N) is 1. The van der Waals surface area contributed by atoms with Gasteiger partial charge in [0, 0.05) is 31.9 Å². The zero-order valence-corrected chi connectivity index (χ0v) is 10.5. The standard InChI is InChI=1S/C13H21N3/c1-10(2)12-4-5-13(11(3)15-12)16-8-6-14-7-9-16/h4-5,10,14H,6-9H2,1-3H3. The van der Waals surface area contributed by atoms with E-state index >= 15 is 0 Å². The minimum Gasteiger partial charge on any atom is -0.368 e. The second-order valence-corrected chi connectivity index (χ2v) is 4.73. The van der Waals surface area contributed by atoms with E-state index in [0.29, 0.717) is 5.92 Å². The second-order valence-electron chi connectivity index (χ2n) is 4.73. The molecule has 0 radical (unpaired) electrons. The van der Waals surface area contributed by atoms with Crippen LogP contribution >= 0.6 is 0 Å². The van der Waals surface area contributed by atoms with Crippen molar-refractivity contribution in [2.24, 2.45) is 0 Å². The van der Waals surface area contributed by atoms with Gasteiger partial charge in [-0.2, -0.15) is 0 Å². The summed E-state index contributed by atoms with van der Waals surface area (Å²) in [6.45, 7) is 10.8. The van der Waals surface area contributed by atoms with Crippen LogP contribution < -0.4 is 10.2 Å². The molecule has 1 fully saturated rings. The second kappa shape index (κ2) is 4.83. The first-order valence-corrected chi connectivity index (χ1v) is 6.11. The van der Waals surface area contributed by atoms with Gasteiger partial charge in [-0.1, -0.05) is 13.8 Å². The lowest BCUT2D eigenvalue weighted by Crippen LogP contribution is -2.43. The van der Waals surface area contributed by atoms with Gasteiger partial charge in [-0.25, -0.2) is 0 Å². The molecule has 1 aliphatic rings. The van der Waals surface area contributed by atoms with Gasteiger partial charge in [0.05, 0.1) is 11.4 Å². The van der Waals surface area contributed by atoms with Gasteiger partial charge in [-0.3, -0.25) is 4.98 Å². The zero-order chi connectivity index (χ0) is 11.5. The van der Waals surface area contributed by atoms with Gasteiger partial charge in [-0.15, -0.1) is 0 Å². The van der Waals surface area contributed by atoms with E-state index in [4.69, 9.17) is 0 Å². The highest BCUT2D eigenvalue weighted by Gasteiger charge is 2.13. The van der Waals surface area contributed by atoms with Gasteiger partial charge >= 0.3 is 0 Å². The van der Waals surface area contributed by atoms with Crippen LogP contribution in [0.15, 0.2) is 12.1 Å². The quantitative estimate of drug-likeness (QED) is 0.823. The lowest BCUT2D eigenvalue weighted by Gasteiger charge is -2.30. The van der Waals surface area contributed by atoms with Gasteiger partial charge in [0.1, 0.15) is 0 Å². The lowest BCUT2D eigenvalue weighted by atomic mass is 10.1. The van der Waals surface area contributed by atoms with Crippen LogP contribution in [0.4, 0.5) is 5.69 Å². The number of hydrogen-bond donors (Lipinski definition) is 1. The highest BCUT2D eigenvalue weighted by Crippen LogP contribution is 2.21. The maximum Gasteiger partial charge on any atom is 0.0609 e. The van der Waals surface area contributed by atoms with Crippen molar-refractivity contribution >= 4 is 5.69 Å². The highest BCUT2D eigenvalue weighted by molar-refractivity contribution is 5.51. The van der Waals surface area contributed by atoms with Crippen LogP contribution in [0.2, 0.25) is 0 Å². The molecule has 1 N–H and O–H groups in total. The highest BCUT2D eigenvalue weighted by atomic mass is 15.2. The van der Waals surface area contributed by atoms with Gasteiger partial charge in [0.25, 0.3) is 0 Å². The molecule has 0 aliphatic carbocycles. The van der Waals surface area contributed by atoms with E-state index in [0.717, 1.165) is 31.9 Å². The number of pyridine rings is 1. The largest absolute Gasteiger partial charge is 0.368 e. The fraction of sp³-hybridized carbons (Fsp3) is 0.615. The molecule has 0 aromatic carbocycles. The number of rotatable bonds is 2. The van der Waals surface area contributed by atoms with Crippen molar-refractivity contribution in [1.29, 1.82) is 0 Å². The molecule has 0 atom stereocenters. The predicted molar refractivity (Wildman–Crippen MR) is 68.1 cm³/mol. The Bertz CT molecular complexity index is 354. The van der Waals surface area contributed by atoms with Crippen LogP contribution in [-0.4, -0.2) is 31.2 Å². The Hall–Kier alpha value is -1.09. The number of hydrogen-bond acceptors (Lipinski definition) is 3. The summed E-state index contributed by atoms with van der Waals surface area (Å²) < 4.78 is 0. The molecule has 0 saturated carbocycles. The minimum atomic E-state index is 0.510. The number of piperazine rings is 1. The van der Waals surface area contributed by atoms with Crippen molar-refractivity contribution in [3.8, 4) is 0 Å². The van der Waals surface area contributed by atoms with E-state index in [1.54, 1.807) is 0 Å². The molecule has 0 spiro atoms. The molecule has 88 valence electrons. The van der Waals surface area contributed by atoms with Crippen molar-refractivity contribution in [2.75, 3.05) is 31.1 Å². The summed E-state index contributed by atoms with van der Waals surface area (Å²) in [6.07, 6.45) is 0. The molecule has 1 aliphatic heterocycles. The molecule has 1 aromatic rings. The summed E-state index contributed by atoms with van der Waals surface area (Å²) >= 11 is 0. The van der Waals surface area contributed by atoms with Crippen molar-refractivity contribution in [3.05, 3.63) is 23.5 Å². The summed E-state index contributed by atoms with van der Waals surface area (Å²) in [4.78, 5) is 7.11. The van der Waals surface area contributed by atoms with E-state index in [-0.39, 0.29) is 0 Å². The number of aromatic nitrogens is 1. The maximum absolute atomic E-state index is 4.69. The van der Waals surface area contributed by atoms with Crippen LogP contribution in [0.1, 0.15) is 31.2 Å². The topological polar surface area (TPSA) is 28.2 Å². The van der Waals surface area contributed by atoms with Crippen molar-refractivity contribution in [3.63, 3.8) is 0 Å². The molecular weight excluding hydrogens is 198 g/mol. The van der Waals surface area contributed by atoms with Crippen LogP contribution in [0.5, 0.6) is 0 Å². The van der Waals surface area contributed by atoms with E-state index in [1.165, 1.54) is 11.4 Å². The molecule has 1 saturated heterocycles. The van der Waals surface area contributed by atoms with E-state index in [2.05, 4.69) is 48.1 Å². The first kappa shape index (κ1) is 11.4. The normalized spacial score (nSPS) is 16.9. The van der Waals surface area contributed by atoms with Gasteiger partial charge in [0.2, 0.25) is 0 Å². The summed E-state index contributed by atoms with van der Waals surface area (Å²) in [5, 5.41) is 3.37. The van der Waals surface area contributed by atoms with E-state index in [9.17, 15) is 0 Å². The fourth-order valence-corrected chi connectivity index (χ4v) is 2.13. The Morgan fingerprint density at radius 2 is 1.94 bits per heavy atom. The van der Waals surface area contributed by atoms with Crippen LogP contribution in [0.3, 0.4) is 0 Å². The molecule has 3 heteroatoms. The molecule has 16 heavy (non-hydrogen) atoms. The Balaban J connectivity index is 2.21. The molecule has 1 aromatic heterocycles. The first-order chi connectivity index (χ1) is 7.68. The fourth-order valence-electron chi connectivity index (χ4n) is 2.13. The summed E-state index contributed by atoms with van der Waals surface area (Å²) in [6, 6.07) is 4.39. The van der Waals surface area contributed by atoms with Crippen molar-refractivity contribution < 1.29 is 0 Å². The Labute approximate surface area is 97.9 Å². The van der Waals surface area contributed by atoms with Crippen LogP contribution in [-0.2, 0) is 0 Å². The predicted octanol–water partition coefficient (Wildman–Crippen LogP) is 1.92. The number of aryl methyl sites for hydroxylation is 1. The molecule has 0 bridgehead atoms. The Morgan fingerprint density at radius 1 is 1.25 bits per heavy atom. The summed E-state index contributed by atoms with van der Waals surface area (Å²) in [5.74, 6) is 0.510. The van der Waals surface area contributed by atoms with Gasteiger partial charge in [-0.05, 0) is 25.0 Å². The monoisotopic (exact) mass is 219 g/mol. The Morgan fingerprint density at radius 3 is 2.50 bits per heavy atom. The third kappa shape index (κ3) is 2.35. The van der Waals surface area contributed by atoms with Gasteiger partial charge in [0.15, 0.2) is 0 Å².